The molecule has 4 rings (SSSR count). The van der Waals surface area contributed by atoms with Crippen molar-refractivity contribution in [1.29, 1.82) is 0 Å². The number of hydrogen-bond donors (Lipinski definition) is 1. The Morgan fingerprint density at radius 2 is 1.59 bits per heavy atom. The van der Waals surface area contributed by atoms with Crippen molar-refractivity contribution in [3.8, 4) is 0 Å². The molecule has 0 amide bonds. The Labute approximate surface area is 311 Å². The van der Waals surface area contributed by atoms with Crippen molar-refractivity contribution in [3.05, 3.63) is 90.5 Å². The average molecular weight is 759 g/mol. The Kier molecular flexibility index (Phi) is 16.2. The number of benzene rings is 3. The van der Waals surface area contributed by atoms with E-state index >= 15 is 0 Å². The highest BCUT2D eigenvalue weighted by Gasteiger charge is 2.46. The van der Waals surface area contributed by atoms with Crippen molar-refractivity contribution < 1.29 is 36.3 Å². The summed E-state index contributed by atoms with van der Waals surface area (Å²) in [6.45, 7) is 10.2. The first-order valence-electron chi connectivity index (χ1n) is 18.4. The van der Waals surface area contributed by atoms with E-state index in [9.17, 15) is 13.5 Å². The van der Waals surface area contributed by atoms with Crippen LogP contribution < -0.4 is 10.4 Å². The molecule has 3 aromatic carbocycles. The van der Waals surface area contributed by atoms with Crippen LogP contribution in [0.4, 0.5) is 0 Å². The maximum Gasteiger partial charge on any atom is 0.299 e. The first-order chi connectivity index (χ1) is 24.4. The third-order valence-corrected chi connectivity index (χ3v) is 15.4. The van der Waals surface area contributed by atoms with Gasteiger partial charge in [0.1, 0.15) is 6.10 Å². The van der Waals surface area contributed by atoms with Crippen LogP contribution in [0.3, 0.4) is 0 Å². The third-order valence-electron chi connectivity index (χ3n) is 9.45. The van der Waals surface area contributed by atoms with Gasteiger partial charge < -0.3 is 23.7 Å². The van der Waals surface area contributed by atoms with E-state index < -0.39 is 42.9 Å². The molecule has 1 heterocycles. The molecule has 282 valence electrons. The molecular formula is C40H58O8S2Si. The van der Waals surface area contributed by atoms with Crippen molar-refractivity contribution in [2.75, 3.05) is 12.2 Å². The van der Waals surface area contributed by atoms with Gasteiger partial charge in [-0.2, -0.15) is 8.42 Å². The number of thioether (sulfide) groups is 1. The SMILES string of the molecule is CCCC[Si](OC(CCCC(O)C1(OCSC)CCCC(C)OC(C(C)C)O1)OS(=O)(=O)c1ccc(C)cc1)(c1ccccc1)c1ccccc1. The molecule has 1 aliphatic heterocycles. The smallest absolute Gasteiger partial charge is 0.299 e. The van der Waals surface area contributed by atoms with Crippen molar-refractivity contribution in [2.45, 2.75) is 127 Å². The first kappa shape index (κ1) is 41.7. The van der Waals surface area contributed by atoms with Crippen molar-refractivity contribution in [3.63, 3.8) is 0 Å². The Morgan fingerprint density at radius 3 is 2.16 bits per heavy atom. The summed E-state index contributed by atoms with van der Waals surface area (Å²) in [7, 11) is -7.24. The quantitative estimate of drug-likeness (QED) is 0.0748. The largest absolute Gasteiger partial charge is 0.388 e. The van der Waals surface area contributed by atoms with Crippen LogP contribution >= 0.6 is 11.8 Å². The summed E-state index contributed by atoms with van der Waals surface area (Å²) in [4.78, 5) is 0.0725. The fraction of sp³-hybridized carbons (Fsp3) is 0.550. The topological polar surface area (TPSA) is 101 Å². The number of aryl methyl sites for hydroxylation is 1. The van der Waals surface area contributed by atoms with Gasteiger partial charge in [0.25, 0.3) is 18.4 Å². The van der Waals surface area contributed by atoms with Gasteiger partial charge in [-0.15, -0.1) is 11.8 Å². The molecule has 0 spiro atoms. The summed E-state index contributed by atoms with van der Waals surface area (Å²) in [5.41, 5.74) is 0.948. The van der Waals surface area contributed by atoms with Gasteiger partial charge in [-0.3, -0.25) is 0 Å². The molecular weight excluding hydrogens is 701 g/mol. The predicted octanol–water partition coefficient (Wildman–Crippen LogP) is 7.76. The second-order valence-electron chi connectivity index (χ2n) is 14.0. The third kappa shape index (κ3) is 11.5. The van der Waals surface area contributed by atoms with Gasteiger partial charge >= 0.3 is 0 Å². The molecule has 3 aromatic rings. The molecule has 11 heteroatoms. The minimum atomic E-state index is -4.19. The highest BCUT2D eigenvalue weighted by atomic mass is 32.2. The lowest BCUT2D eigenvalue weighted by atomic mass is 9.96. The van der Waals surface area contributed by atoms with E-state index in [0.29, 0.717) is 18.8 Å². The lowest BCUT2D eigenvalue weighted by Crippen LogP contribution is -2.62. The van der Waals surface area contributed by atoms with Crippen molar-refractivity contribution in [2.24, 2.45) is 5.92 Å². The van der Waals surface area contributed by atoms with Crippen LogP contribution in [-0.2, 0) is 32.9 Å². The number of ether oxygens (including phenoxy) is 3. The first-order valence-corrected chi connectivity index (χ1v) is 23.3. The molecule has 0 saturated carbocycles. The molecule has 0 aromatic heterocycles. The number of aliphatic hydroxyl groups is 1. The summed E-state index contributed by atoms with van der Waals surface area (Å²) in [6.07, 6.45) is 4.19. The summed E-state index contributed by atoms with van der Waals surface area (Å²) in [6, 6.07) is 27.7. The fourth-order valence-corrected chi connectivity index (χ4v) is 12.2. The van der Waals surface area contributed by atoms with Gasteiger partial charge in [-0.25, -0.2) is 4.18 Å². The number of rotatable bonds is 19. The minimum Gasteiger partial charge on any atom is -0.388 e. The van der Waals surface area contributed by atoms with Gasteiger partial charge in [-0.1, -0.05) is 112 Å². The maximum atomic E-state index is 13.8. The Balaban J connectivity index is 1.68. The normalized spacial score (nSPS) is 21.6. The molecule has 0 aliphatic carbocycles. The highest BCUT2D eigenvalue weighted by Crippen LogP contribution is 2.36. The summed E-state index contributed by atoms with van der Waals surface area (Å²) >= 11 is 1.52. The lowest BCUT2D eigenvalue weighted by molar-refractivity contribution is -0.359. The van der Waals surface area contributed by atoms with Crippen molar-refractivity contribution in [1.82, 2.24) is 0 Å². The average Bonchev–Trinajstić information content (AvgIpc) is 3.11. The monoisotopic (exact) mass is 758 g/mol. The fourth-order valence-electron chi connectivity index (χ4n) is 6.56. The van der Waals surface area contributed by atoms with Crippen LogP contribution in [0.15, 0.2) is 89.8 Å². The van der Waals surface area contributed by atoms with E-state index in [1.807, 2.05) is 70.3 Å². The molecule has 1 N–H and O–H groups in total. The van der Waals surface area contributed by atoms with E-state index in [0.717, 1.165) is 47.7 Å². The number of aliphatic hydroxyl groups excluding tert-OH is 1. The molecule has 1 aliphatic rings. The zero-order valence-electron chi connectivity index (χ0n) is 31.2. The Hall–Kier alpha value is -2.06. The van der Waals surface area contributed by atoms with Crippen LogP contribution in [0.2, 0.25) is 6.04 Å². The van der Waals surface area contributed by atoms with Crippen LogP contribution in [0.25, 0.3) is 0 Å². The van der Waals surface area contributed by atoms with E-state index in [1.165, 1.54) is 11.8 Å². The van der Waals surface area contributed by atoms with Gasteiger partial charge in [0.2, 0.25) is 0 Å². The Bertz CT molecular complexity index is 1500. The number of unbranched alkanes of at least 4 members (excludes halogenated alkanes) is 1. The zero-order valence-corrected chi connectivity index (χ0v) is 33.8. The van der Waals surface area contributed by atoms with Crippen LogP contribution in [-0.4, -0.2) is 64.6 Å². The second kappa shape index (κ2) is 19.9. The van der Waals surface area contributed by atoms with E-state index in [1.54, 1.807) is 24.3 Å². The summed E-state index contributed by atoms with van der Waals surface area (Å²) in [5, 5.41) is 14.0. The molecule has 5 unspecified atom stereocenters. The second-order valence-corrected chi connectivity index (χ2v) is 19.9. The van der Waals surface area contributed by atoms with E-state index in [4.69, 9.17) is 22.8 Å². The molecule has 5 atom stereocenters. The lowest BCUT2D eigenvalue weighted by Gasteiger charge is -2.43. The van der Waals surface area contributed by atoms with Crippen LogP contribution in [0.1, 0.15) is 84.6 Å². The number of hydrogen-bond acceptors (Lipinski definition) is 9. The maximum absolute atomic E-state index is 13.8. The molecule has 51 heavy (non-hydrogen) atoms. The highest BCUT2D eigenvalue weighted by molar-refractivity contribution is 7.98. The summed E-state index contributed by atoms with van der Waals surface area (Å²) in [5.74, 6) is -0.872. The zero-order chi connectivity index (χ0) is 36.9. The minimum absolute atomic E-state index is 0.0324. The molecule has 8 nitrogen and oxygen atoms in total. The van der Waals surface area contributed by atoms with Gasteiger partial charge in [0.15, 0.2) is 18.4 Å². The van der Waals surface area contributed by atoms with Gasteiger partial charge in [-0.05, 0) is 80.8 Å². The van der Waals surface area contributed by atoms with E-state index in [2.05, 4.69) is 31.2 Å². The van der Waals surface area contributed by atoms with Gasteiger partial charge in [0, 0.05) is 12.3 Å². The Morgan fingerprint density at radius 1 is 0.961 bits per heavy atom. The standard InChI is InChI=1S/C40H58O8S2Si/c1-7-8-29-51(35-18-11-9-12-19-35,36-20-13-10-14-21-36)48-38(47-50(42,43)34-26-24-32(4)25-27-34)23-15-22-37(41)40(44-30-49-6)28-16-17-33(5)45-39(46-40)31(2)3/h9-14,18-21,24-27,31,33,37-39,41H,7-8,15-17,22-23,28-30H2,1-6H3. The van der Waals surface area contributed by atoms with Crippen LogP contribution in [0.5, 0.6) is 0 Å². The van der Waals surface area contributed by atoms with Crippen LogP contribution in [0, 0.1) is 12.8 Å². The molecule has 0 radical (unpaired) electrons. The van der Waals surface area contributed by atoms with E-state index in [-0.39, 0.29) is 29.8 Å². The molecule has 0 bridgehead atoms. The van der Waals surface area contributed by atoms with Crippen molar-refractivity contribution >= 4 is 40.6 Å². The molecule has 1 saturated heterocycles. The summed E-state index contributed by atoms with van der Waals surface area (Å²) < 4.78 is 60.1. The van der Waals surface area contributed by atoms with Gasteiger partial charge in [0.05, 0.1) is 16.9 Å². The predicted molar refractivity (Wildman–Crippen MR) is 208 cm³/mol. The molecule has 1 fully saturated rings.